The SMILES string of the molecule is CCOCC(NCc1ccc(C(=O)O)c(F)c1)C(C)C. The normalized spacial score (nSPS) is 12.7. The fourth-order valence-electron chi connectivity index (χ4n) is 1.82. The summed E-state index contributed by atoms with van der Waals surface area (Å²) in [6.45, 7) is 7.86. The number of aromatic carboxylic acids is 1. The maximum atomic E-state index is 13.6. The molecule has 0 amide bonds. The summed E-state index contributed by atoms with van der Waals surface area (Å²) in [6.07, 6.45) is 0. The fourth-order valence-corrected chi connectivity index (χ4v) is 1.82. The Morgan fingerprint density at radius 3 is 2.65 bits per heavy atom. The second-order valence-electron chi connectivity index (χ2n) is 5.01. The lowest BCUT2D eigenvalue weighted by atomic mass is 10.0. The van der Waals surface area contributed by atoms with E-state index in [0.717, 1.165) is 5.56 Å². The highest BCUT2D eigenvalue weighted by Gasteiger charge is 2.14. The van der Waals surface area contributed by atoms with Crippen molar-refractivity contribution in [3.05, 3.63) is 35.1 Å². The van der Waals surface area contributed by atoms with E-state index >= 15 is 0 Å². The zero-order valence-electron chi connectivity index (χ0n) is 12.1. The molecule has 0 heterocycles. The van der Waals surface area contributed by atoms with Gasteiger partial charge in [-0.1, -0.05) is 19.9 Å². The molecule has 0 fully saturated rings. The van der Waals surface area contributed by atoms with Crippen LogP contribution >= 0.6 is 0 Å². The Morgan fingerprint density at radius 1 is 1.45 bits per heavy atom. The lowest BCUT2D eigenvalue weighted by Crippen LogP contribution is -2.37. The molecule has 0 aromatic heterocycles. The number of nitrogens with one attached hydrogen (secondary N) is 1. The van der Waals surface area contributed by atoms with Crippen molar-refractivity contribution in [3.8, 4) is 0 Å². The van der Waals surface area contributed by atoms with Gasteiger partial charge >= 0.3 is 5.97 Å². The number of hydrogen-bond donors (Lipinski definition) is 2. The molecule has 1 atom stereocenters. The van der Waals surface area contributed by atoms with Gasteiger partial charge in [-0.05, 0) is 30.5 Å². The van der Waals surface area contributed by atoms with Crippen LogP contribution in [0.1, 0.15) is 36.7 Å². The third-order valence-corrected chi connectivity index (χ3v) is 3.14. The lowest BCUT2D eigenvalue weighted by molar-refractivity contribution is 0.0692. The van der Waals surface area contributed by atoms with Crippen molar-refractivity contribution in [1.82, 2.24) is 5.32 Å². The molecule has 0 saturated carbocycles. The van der Waals surface area contributed by atoms with Crippen molar-refractivity contribution in [2.24, 2.45) is 5.92 Å². The van der Waals surface area contributed by atoms with E-state index in [9.17, 15) is 9.18 Å². The fraction of sp³-hybridized carbons (Fsp3) is 0.533. The first-order chi connectivity index (χ1) is 9.45. The molecule has 1 rings (SSSR count). The van der Waals surface area contributed by atoms with Gasteiger partial charge in [-0.2, -0.15) is 0 Å². The van der Waals surface area contributed by atoms with Crippen molar-refractivity contribution in [2.45, 2.75) is 33.4 Å². The average Bonchev–Trinajstić information content (AvgIpc) is 2.38. The summed E-state index contributed by atoms with van der Waals surface area (Å²) >= 11 is 0. The monoisotopic (exact) mass is 283 g/mol. The highest BCUT2D eigenvalue weighted by atomic mass is 19.1. The summed E-state index contributed by atoms with van der Waals surface area (Å²) in [6, 6.07) is 4.35. The van der Waals surface area contributed by atoms with E-state index in [2.05, 4.69) is 19.2 Å². The van der Waals surface area contributed by atoms with Crippen molar-refractivity contribution >= 4 is 5.97 Å². The molecule has 4 nitrogen and oxygen atoms in total. The van der Waals surface area contributed by atoms with Crippen LogP contribution in [0, 0.1) is 11.7 Å². The summed E-state index contributed by atoms with van der Waals surface area (Å²) in [7, 11) is 0. The minimum absolute atomic E-state index is 0.178. The maximum absolute atomic E-state index is 13.6. The highest BCUT2D eigenvalue weighted by molar-refractivity contribution is 5.87. The molecule has 0 aliphatic heterocycles. The number of ether oxygens (including phenoxy) is 1. The van der Waals surface area contributed by atoms with Gasteiger partial charge in [0.25, 0.3) is 0 Å². The van der Waals surface area contributed by atoms with E-state index in [1.165, 1.54) is 12.1 Å². The van der Waals surface area contributed by atoms with Crippen LogP contribution < -0.4 is 5.32 Å². The summed E-state index contributed by atoms with van der Waals surface area (Å²) < 4.78 is 19.0. The van der Waals surface area contributed by atoms with Crippen molar-refractivity contribution < 1.29 is 19.0 Å². The number of hydrogen-bond acceptors (Lipinski definition) is 3. The molecule has 1 aromatic carbocycles. The van der Waals surface area contributed by atoms with E-state index < -0.39 is 11.8 Å². The Morgan fingerprint density at radius 2 is 2.15 bits per heavy atom. The molecule has 2 N–H and O–H groups in total. The first-order valence-corrected chi connectivity index (χ1v) is 6.78. The molecule has 1 unspecified atom stereocenters. The molecule has 0 bridgehead atoms. The number of carboxylic acids is 1. The molecule has 1 aromatic rings. The molecule has 0 spiro atoms. The third kappa shape index (κ3) is 4.90. The molecule has 5 heteroatoms. The van der Waals surface area contributed by atoms with Crippen LogP contribution in [0.15, 0.2) is 18.2 Å². The molecule has 0 aliphatic carbocycles. The van der Waals surface area contributed by atoms with Gasteiger partial charge in [-0.3, -0.25) is 0 Å². The molecular weight excluding hydrogens is 261 g/mol. The van der Waals surface area contributed by atoms with Gasteiger partial charge in [-0.15, -0.1) is 0 Å². The maximum Gasteiger partial charge on any atom is 0.338 e. The van der Waals surface area contributed by atoms with Crippen LogP contribution in [0.5, 0.6) is 0 Å². The van der Waals surface area contributed by atoms with Gasteiger partial charge in [0.2, 0.25) is 0 Å². The first-order valence-electron chi connectivity index (χ1n) is 6.78. The third-order valence-electron chi connectivity index (χ3n) is 3.14. The standard InChI is InChI=1S/C15H22FNO3/c1-4-20-9-14(10(2)3)17-8-11-5-6-12(15(18)19)13(16)7-11/h5-7,10,14,17H,4,8-9H2,1-3H3,(H,18,19). The molecular formula is C15H22FNO3. The summed E-state index contributed by atoms with van der Waals surface area (Å²) in [5.74, 6) is -1.56. The molecule has 0 radical (unpaired) electrons. The Hall–Kier alpha value is -1.46. The quantitative estimate of drug-likeness (QED) is 0.770. The minimum Gasteiger partial charge on any atom is -0.478 e. The van der Waals surface area contributed by atoms with Crippen molar-refractivity contribution in [2.75, 3.05) is 13.2 Å². The predicted molar refractivity (Wildman–Crippen MR) is 75.3 cm³/mol. The zero-order chi connectivity index (χ0) is 15.1. The Balaban J connectivity index is 2.64. The van der Waals surface area contributed by atoms with E-state index in [4.69, 9.17) is 9.84 Å². The smallest absolute Gasteiger partial charge is 0.338 e. The van der Waals surface area contributed by atoms with Gasteiger partial charge < -0.3 is 15.2 Å². The van der Waals surface area contributed by atoms with Gasteiger partial charge in [0, 0.05) is 19.2 Å². The van der Waals surface area contributed by atoms with Gasteiger partial charge in [0.15, 0.2) is 0 Å². The zero-order valence-corrected chi connectivity index (χ0v) is 12.1. The van der Waals surface area contributed by atoms with Gasteiger partial charge in [0.1, 0.15) is 5.82 Å². The average molecular weight is 283 g/mol. The summed E-state index contributed by atoms with van der Waals surface area (Å²) in [5.41, 5.74) is 0.415. The topological polar surface area (TPSA) is 58.6 Å². The molecule has 20 heavy (non-hydrogen) atoms. The minimum atomic E-state index is -1.25. The van der Waals surface area contributed by atoms with Crippen LogP contribution in [0.3, 0.4) is 0 Å². The second kappa shape index (κ2) is 7.97. The molecule has 0 saturated heterocycles. The first kappa shape index (κ1) is 16.6. The van der Waals surface area contributed by atoms with E-state index in [1.54, 1.807) is 6.07 Å². The number of benzene rings is 1. The van der Waals surface area contributed by atoms with Crippen LogP contribution in [0.2, 0.25) is 0 Å². The number of rotatable bonds is 8. The summed E-state index contributed by atoms with van der Waals surface area (Å²) in [5, 5.41) is 12.1. The Labute approximate surface area is 119 Å². The Kier molecular flexibility index (Phi) is 6.61. The van der Waals surface area contributed by atoms with Crippen LogP contribution in [-0.2, 0) is 11.3 Å². The predicted octanol–water partition coefficient (Wildman–Crippen LogP) is 2.67. The number of carbonyl (C=O) groups is 1. The lowest BCUT2D eigenvalue weighted by Gasteiger charge is -2.22. The molecule has 112 valence electrons. The molecule has 0 aliphatic rings. The largest absolute Gasteiger partial charge is 0.478 e. The van der Waals surface area contributed by atoms with Crippen LogP contribution in [-0.4, -0.2) is 30.3 Å². The second-order valence-corrected chi connectivity index (χ2v) is 5.01. The number of halogens is 1. The van der Waals surface area contributed by atoms with Gasteiger partial charge in [0.05, 0.1) is 12.2 Å². The van der Waals surface area contributed by atoms with E-state index in [0.29, 0.717) is 25.7 Å². The van der Waals surface area contributed by atoms with E-state index in [1.807, 2.05) is 6.92 Å². The van der Waals surface area contributed by atoms with Crippen molar-refractivity contribution in [3.63, 3.8) is 0 Å². The van der Waals surface area contributed by atoms with Gasteiger partial charge in [-0.25, -0.2) is 9.18 Å². The van der Waals surface area contributed by atoms with Crippen molar-refractivity contribution in [1.29, 1.82) is 0 Å². The van der Waals surface area contributed by atoms with Crippen LogP contribution in [0.25, 0.3) is 0 Å². The Bertz CT molecular complexity index is 449. The van der Waals surface area contributed by atoms with Crippen LogP contribution in [0.4, 0.5) is 4.39 Å². The summed E-state index contributed by atoms with van der Waals surface area (Å²) in [4.78, 5) is 10.7. The number of carboxylic acid groups (broad SMARTS) is 1. The highest BCUT2D eigenvalue weighted by Crippen LogP contribution is 2.11. The van der Waals surface area contributed by atoms with E-state index in [-0.39, 0.29) is 11.6 Å².